The summed E-state index contributed by atoms with van der Waals surface area (Å²) in [7, 11) is 0. The van der Waals surface area contributed by atoms with Crippen LogP contribution in [0.2, 0.25) is 0 Å². The molecule has 0 saturated carbocycles. The molecule has 1 N–H and O–H groups in total. The van der Waals surface area contributed by atoms with Gasteiger partial charge in [0.05, 0.1) is 17.9 Å². The van der Waals surface area contributed by atoms with Crippen molar-refractivity contribution in [3.8, 4) is 5.75 Å². The molecule has 190 valence electrons. The highest BCUT2D eigenvalue weighted by atomic mass is 32.2. The van der Waals surface area contributed by atoms with E-state index < -0.39 is 5.97 Å². The molecule has 8 nitrogen and oxygen atoms in total. The van der Waals surface area contributed by atoms with Gasteiger partial charge in [-0.05, 0) is 55.2 Å². The molecule has 0 radical (unpaired) electrons. The van der Waals surface area contributed by atoms with E-state index in [1.165, 1.54) is 11.8 Å². The average molecular weight is 509 g/mol. The lowest BCUT2D eigenvalue weighted by molar-refractivity contribution is -0.113. The molecule has 0 unspecified atom stereocenters. The molecule has 2 aromatic carbocycles. The molecular weight excluding hydrogens is 476 g/mol. The molecule has 0 fully saturated rings. The minimum Gasteiger partial charge on any atom is -0.485 e. The first-order valence-electron chi connectivity index (χ1n) is 11.8. The first kappa shape index (κ1) is 27.0. The second-order valence-electron chi connectivity index (χ2n) is 8.42. The van der Waals surface area contributed by atoms with Crippen LogP contribution in [-0.2, 0) is 22.7 Å². The zero-order valence-corrected chi connectivity index (χ0v) is 21.9. The largest absolute Gasteiger partial charge is 0.485 e. The van der Waals surface area contributed by atoms with Crippen LogP contribution in [-0.4, -0.2) is 39.0 Å². The maximum absolute atomic E-state index is 12.6. The standard InChI is InChI=1S/C27H32N4O4S/c1-6-13-31-24(16-35-23-14-19(5)11-12-22(23)18(3)4)29-30-27(31)36-17-25(32)28-21-10-8-9-20(15-21)26(33)34-7-2/h6,8-12,14-15,18H,1,7,13,16-17H2,2-5H3,(H,28,32). The Labute approximate surface area is 216 Å². The van der Waals surface area contributed by atoms with Crippen LogP contribution >= 0.6 is 11.8 Å². The van der Waals surface area contributed by atoms with E-state index >= 15 is 0 Å². The van der Waals surface area contributed by atoms with Gasteiger partial charge in [-0.3, -0.25) is 9.36 Å². The molecule has 0 aliphatic carbocycles. The topological polar surface area (TPSA) is 95.3 Å². The molecule has 3 rings (SSSR count). The number of aromatic nitrogens is 3. The lowest BCUT2D eigenvalue weighted by atomic mass is 10.0. The molecule has 36 heavy (non-hydrogen) atoms. The van der Waals surface area contributed by atoms with E-state index in [0.29, 0.717) is 34.7 Å². The summed E-state index contributed by atoms with van der Waals surface area (Å²) in [6.45, 7) is 12.9. The predicted octanol–water partition coefficient (Wildman–Crippen LogP) is 5.38. The highest BCUT2D eigenvalue weighted by Crippen LogP contribution is 2.28. The van der Waals surface area contributed by atoms with Crippen LogP contribution in [0, 0.1) is 6.92 Å². The van der Waals surface area contributed by atoms with Gasteiger partial charge in [-0.2, -0.15) is 0 Å². The molecule has 0 saturated heterocycles. The number of ether oxygens (including phenoxy) is 2. The zero-order chi connectivity index (χ0) is 26.1. The molecule has 9 heteroatoms. The maximum atomic E-state index is 12.6. The van der Waals surface area contributed by atoms with E-state index in [9.17, 15) is 9.59 Å². The van der Waals surface area contributed by atoms with Gasteiger partial charge in [0.1, 0.15) is 12.4 Å². The van der Waals surface area contributed by atoms with Gasteiger partial charge in [0.25, 0.3) is 0 Å². The van der Waals surface area contributed by atoms with Crippen molar-refractivity contribution in [2.75, 3.05) is 17.7 Å². The van der Waals surface area contributed by atoms with Crippen molar-refractivity contribution in [1.29, 1.82) is 0 Å². The SMILES string of the molecule is C=CCn1c(COc2cc(C)ccc2C(C)C)nnc1SCC(=O)Nc1cccc(C(=O)OCC)c1. The molecule has 0 bridgehead atoms. The van der Waals surface area contributed by atoms with Crippen LogP contribution in [0.4, 0.5) is 5.69 Å². The third-order valence-corrected chi connectivity index (χ3v) is 6.21. The Morgan fingerprint density at radius 3 is 2.72 bits per heavy atom. The monoisotopic (exact) mass is 508 g/mol. The van der Waals surface area contributed by atoms with Crippen molar-refractivity contribution in [3.63, 3.8) is 0 Å². The number of allylic oxidation sites excluding steroid dienone is 1. The second kappa shape index (κ2) is 12.9. The summed E-state index contributed by atoms with van der Waals surface area (Å²) >= 11 is 1.27. The molecule has 0 atom stereocenters. The number of aryl methyl sites for hydroxylation is 1. The van der Waals surface area contributed by atoms with Crippen molar-refractivity contribution < 1.29 is 19.1 Å². The normalized spacial score (nSPS) is 10.8. The summed E-state index contributed by atoms with van der Waals surface area (Å²) in [5.41, 5.74) is 3.16. The van der Waals surface area contributed by atoms with Crippen molar-refractivity contribution in [2.24, 2.45) is 0 Å². The Hall–Kier alpha value is -3.59. The number of carbonyl (C=O) groups is 2. The molecule has 0 aliphatic heterocycles. The lowest BCUT2D eigenvalue weighted by Gasteiger charge is -2.15. The van der Waals surface area contributed by atoms with Gasteiger partial charge in [-0.15, -0.1) is 16.8 Å². The molecular formula is C27H32N4O4S. The summed E-state index contributed by atoms with van der Waals surface area (Å²) < 4.78 is 13.0. The Balaban J connectivity index is 1.65. The minimum atomic E-state index is -0.429. The van der Waals surface area contributed by atoms with Gasteiger partial charge in [-0.25, -0.2) is 4.79 Å². The number of carbonyl (C=O) groups excluding carboxylic acids is 2. The molecule has 1 aromatic heterocycles. The molecule has 1 amide bonds. The number of amides is 1. The Morgan fingerprint density at radius 2 is 2.00 bits per heavy atom. The summed E-state index contributed by atoms with van der Waals surface area (Å²) in [6.07, 6.45) is 1.75. The number of rotatable bonds is 12. The number of nitrogens with one attached hydrogen (secondary N) is 1. The highest BCUT2D eigenvalue weighted by molar-refractivity contribution is 7.99. The third-order valence-electron chi connectivity index (χ3n) is 5.24. The van der Waals surface area contributed by atoms with Crippen LogP contribution in [0.3, 0.4) is 0 Å². The number of thioether (sulfide) groups is 1. The second-order valence-corrected chi connectivity index (χ2v) is 9.36. The van der Waals surface area contributed by atoms with Crippen molar-refractivity contribution in [2.45, 2.75) is 51.9 Å². The van der Waals surface area contributed by atoms with E-state index in [-0.39, 0.29) is 24.9 Å². The molecule has 3 aromatic rings. The summed E-state index contributed by atoms with van der Waals surface area (Å²) in [4.78, 5) is 24.5. The Kier molecular flexibility index (Phi) is 9.69. The highest BCUT2D eigenvalue weighted by Gasteiger charge is 2.16. The zero-order valence-electron chi connectivity index (χ0n) is 21.1. The van der Waals surface area contributed by atoms with E-state index in [1.54, 1.807) is 37.3 Å². The summed E-state index contributed by atoms with van der Waals surface area (Å²) in [6, 6.07) is 12.8. The van der Waals surface area contributed by atoms with Gasteiger partial charge in [0.15, 0.2) is 11.0 Å². The smallest absolute Gasteiger partial charge is 0.338 e. The van der Waals surface area contributed by atoms with Crippen LogP contribution in [0.1, 0.15) is 54.0 Å². The number of benzene rings is 2. The van der Waals surface area contributed by atoms with Gasteiger partial charge >= 0.3 is 5.97 Å². The van der Waals surface area contributed by atoms with Gasteiger partial charge < -0.3 is 14.8 Å². The van der Waals surface area contributed by atoms with Crippen LogP contribution in [0.25, 0.3) is 0 Å². The third kappa shape index (κ3) is 7.21. The van der Waals surface area contributed by atoms with E-state index in [4.69, 9.17) is 9.47 Å². The molecule has 0 aliphatic rings. The van der Waals surface area contributed by atoms with E-state index in [1.807, 2.05) is 17.6 Å². The minimum absolute atomic E-state index is 0.120. The van der Waals surface area contributed by atoms with Crippen LogP contribution < -0.4 is 10.1 Å². The van der Waals surface area contributed by atoms with Crippen molar-refractivity contribution in [1.82, 2.24) is 14.8 Å². The van der Waals surface area contributed by atoms with Crippen molar-refractivity contribution >= 4 is 29.3 Å². The Morgan fingerprint density at radius 1 is 1.19 bits per heavy atom. The first-order valence-corrected chi connectivity index (χ1v) is 12.8. The average Bonchev–Trinajstić information content (AvgIpc) is 3.23. The fourth-order valence-corrected chi connectivity index (χ4v) is 4.26. The van der Waals surface area contributed by atoms with Crippen LogP contribution in [0.5, 0.6) is 5.75 Å². The van der Waals surface area contributed by atoms with Crippen LogP contribution in [0.15, 0.2) is 60.3 Å². The number of hydrogen-bond donors (Lipinski definition) is 1. The van der Waals surface area contributed by atoms with Gasteiger partial charge in [-0.1, -0.05) is 49.9 Å². The lowest BCUT2D eigenvalue weighted by Crippen LogP contribution is -2.15. The fourth-order valence-electron chi connectivity index (χ4n) is 3.50. The number of hydrogen-bond acceptors (Lipinski definition) is 7. The number of esters is 1. The van der Waals surface area contributed by atoms with Gasteiger partial charge in [0, 0.05) is 12.2 Å². The first-order chi connectivity index (χ1) is 17.3. The van der Waals surface area contributed by atoms with Gasteiger partial charge in [0.2, 0.25) is 5.91 Å². The van der Waals surface area contributed by atoms with E-state index in [0.717, 1.165) is 16.9 Å². The van der Waals surface area contributed by atoms with E-state index in [2.05, 4.69) is 48.1 Å². The van der Waals surface area contributed by atoms with Crippen molar-refractivity contribution in [3.05, 3.63) is 77.6 Å². The molecule has 1 heterocycles. The predicted molar refractivity (Wildman–Crippen MR) is 142 cm³/mol. The maximum Gasteiger partial charge on any atom is 0.338 e. The fraction of sp³-hybridized carbons (Fsp3) is 0.333. The quantitative estimate of drug-likeness (QED) is 0.199. The molecule has 0 spiro atoms. The summed E-state index contributed by atoms with van der Waals surface area (Å²) in [5.74, 6) is 1.27. The summed E-state index contributed by atoms with van der Waals surface area (Å²) in [5, 5.41) is 12.0. The number of nitrogens with zero attached hydrogens (tertiary/aromatic N) is 3. The Bertz CT molecular complexity index is 1220. The number of anilines is 1.